The van der Waals surface area contributed by atoms with Crippen LogP contribution in [0.15, 0.2) is 0 Å². The van der Waals surface area contributed by atoms with Crippen molar-refractivity contribution in [1.82, 2.24) is 14.7 Å². The summed E-state index contributed by atoms with van der Waals surface area (Å²) >= 11 is 0. The molecule has 1 amide bonds. The molecule has 2 unspecified atom stereocenters. The average Bonchev–Trinajstić information content (AvgIpc) is 2.87. The van der Waals surface area contributed by atoms with Crippen molar-refractivity contribution < 1.29 is 4.79 Å². The second-order valence-corrected chi connectivity index (χ2v) is 5.56. The van der Waals surface area contributed by atoms with Crippen LogP contribution in [0.4, 0.5) is 0 Å². The molecule has 0 radical (unpaired) electrons. The molecule has 0 aromatic heterocycles. The Morgan fingerprint density at radius 1 is 1.37 bits per heavy atom. The molecule has 0 aliphatic carbocycles. The number of rotatable bonds is 7. The van der Waals surface area contributed by atoms with Crippen LogP contribution in [-0.2, 0) is 4.79 Å². The van der Waals surface area contributed by atoms with Crippen LogP contribution in [0.1, 0.15) is 26.7 Å². The monoisotopic (exact) mass is 270 g/mol. The van der Waals surface area contributed by atoms with Crippen molar-refractivity contribution in [3.05, 3.63) is 0 Å². The third-order valence-corrected chi connectivity index (χ3v) is 4.24. The maximum absolute atomic E-state index is 12.2. The lowest BCUT2D eigenvalue weighted by atomic mass is 10.1. The molecule has 112 valence electrons. The molecule has 1 fully saturated rings. The zero-order valence-corrected chi connectivity index (χ0v) is 12.9. The molecule has 2 atom stereocenters. The lowest BCUT2D eigenvalue weighted by molar-refractivity contribution is -0.132. The predicted molar refractivity (Wildman–Crippen MR) is 79.1 cm³/mol. The largest absolute Gasteiger partial charge is 0.343 e. The van der Waals surface area contributed by atoms with E-state index in [1.54, 1.807) is 0 Å². The molecule has 0 bridgehead atoms. The molecule has 0 aromatic rings. The molecular weight excluding hydrogens is 240 g/mol. The zero-order valence-electron chi connectivity index (χ0n) is 12.9. The van der Waals surface area contributed by atoms with E-state index in [1.807, 2.05) is 18.7 Å². The topological polar surface area (TPSA) is 52.8 Å². The van der Waals surface area contributed by atoms with Crippen molar-refractivity contribution in [2.75, 3.05) is 46.8 Å². The summed E-state index contributed by atoms with van der Waals surface area (Å²) in [6.45, 7) is 8.26. The first-order chi connectivity index (χ1) is 9.03. The van der Waals surface area contributed by atoms with E-state index in [4.69, 9.17) is 5.73 Å². The summed E-state index contributed by atoms with van der Waals surface area (Å²) in [4.78, 5) is 18.7. The molecule has 0 saturated carbocycles. The van der Waals surface area contributed by atoms with Gasteiger partial charge in [-0.3, -0.25) is 9.69 Å². The van der Waals surface area contributed by atoms with Crippen LogP contribution >= 0.6 is 0 Å². The van der Waals surface area contributed by atoms with Gasteiger partial charge < -0.3 is 15.5 Å². The fourth-order valence-electron chi connectivity index (χ4n) is 2.79. The van der Waals surface area contributed by atoms with Crippen molar-refractivity contribution in [3.63, 3.8) is 0 Å². The van der Waals surface area contributed by atoms with Crippen molar-refractivity contribution in [2.24, 2.45) is 5.73 Å². The molecule has 1 aliphatic rings. The normalized spacial score (nSPS) is 21.9. The molecule has 19 heavy (non-hydrogen) atoms. The first kappa shape index (κ1) is 16.4. The van der Waals surface area contributed by atoms with Gasteiger partial charge in [0.25, 0.3) is 0 Å². The van der Waals surface area contributed by atoms with E-state index in [9.17, 15) is 4.79 Å². The third-order valence-electron chi connectivity index (χ3n) is 4.24. The van der Waals surface area contributed by atoms with Crippen molar-refractivity contribution in [2.45, 2.75) is 38.8 Å². The summed E-state index contributed by atoms with van der Waals surface area (Å²) in [7, 11) is 4.24. The number of likely N-dealkylation sites (tertiary alicyclic amines) is 1. The van der Waals surface area contributed by atoms with Gasteiger partial charge in [0.2, 0.25) is 5.91 Å². The predicted octanol–water partition coefficient (Wildman–Crippen LogP) is 0.208. The number of likely N-dealkylation sites (N-methyl/N-ethyl adjacent to an activating group) is 1. The van der Waals surface area contributed by atoms with Crippen LogP contribution in [0.25, 0.3) is 0 Å². The van der Waals surface area contributed by atoms with E-state index in [1.165, 1.54) is 6.42 Å². The Morgan fingerprint density at radius 2 is 2.00 bits per heavy atom. The van der Waals surface area contributed by atoms with Gasteiger partial charge in [0, 0.05) is 51.2 Å². The molecule has 2 N–H and O–H groups in total. The minimum absolute atomic E-state index is 0.193. The van der Waals surface area contributed by atoms with E-state index in [0.29, 0.717) is 19.0 Å². The Balaban J connectivity index is 2.52. The molecule has 5 heteroatoms. The fraction of sp³-hybridized carbons (Fsp3) is 0.929. The second-order valence-electron chi connectivity index (χ2n) is 5.56. The summed E-state index contributed by atoms with van der Waals surface area (Å²) < 4.78 is 0. The first-order valence-corrected chi connectivity index (χ1v) is 7.41. The number of amides is 1. The second kappa shape index (κ2) is 7.82. The summed E-state index contributed by atoms with van der Waals surface area (Å²) in [6, 6.07) is 0.788. The van der Waals surface area contributed by atoms with Crippen LogP contribution in [0.3, 0.4) is 0 Å². The number of hydrogen-bond donors (Lipinski definition) is 1. The number of nitrogens with zero attached hydrogens (tertiary/aromatic N) is 3. The SMILES string of the molecule is CCN(CC)C(=O)CC(CN)N1CCC(N(C)C)C1. The van der Waals surface area contributed by atoms with Crippen molar-refractivity contribution in [1.29, 1.82) is 0 Å². The molecule has 1 heterocycles. The molecule has 0 aromatic carbocycles. The maximum Gasteiger partial charge on any atom is 0.224 e. The van der Waals surface area contributed by atoms with Gasteiger partial charge in [-0.1, -0.05) is 0 Å². The highest BCUT2D eigenvalue weighted by atomic mass is 16.2. The molecular formula is C14H30N4O. The lowest BCUT2D eigenvalue weighted by Gasteiger charge is -2.29. The number of nitrogens with two attached hydrogens (primary N) is 1. The van der Waals surface area contributed by atoms with Gasteiger partial charge in [0.15, 0.2) is 0 Å². The molecule has 5 nitrogen and oxygen atoms in total. The lowest BCUT2D eigenvalue weighted by Crippen LogP contribution is -2.45. The number of hydrogen-bond acceptors (Lipinski definition) is 4. The number of carbonyl (C=O) groups excluding carboxylic acids is 1. The van der Waals surface area contributed by atoms with Crippen LogP contribution in [0, 0.1) is 0 Å². The minimum atomic E-state index is 0.193. The Labute approximate surface area is 117 Å². The third kappa shape index (κ3) is 4.44. The maximum atomic E-state index is 12.2. The van der Waals surface area contributed by atoms with Crippen molar-refractivity contribution in [3.8, 4) is 0 Å². The van der Waals surface area contributed by atoms with Crippen molar-refractivity contribution >= 4 is 5.91 Å². The molecule has 1 rings (SSSR count). The van der Waals surface area contributed by atoms with Gasteiger partial charge in [-0.2, -0.15) is 0 Å². The van der Waals surface area contributed by atoms with Gasteiger partial charge >= 0.3 is 0 Å². The van der Waals surface area contributed by atoms with Crippen LogP contribution in [-0.4, -0.2) is 79.5 Å². The van der Waals surface area contributed by atoms with Gasteiger partial charge in [-0.05, 0) is 34.4 Å². The summed E-state index contributed by atoms with van der Waals surface area (Å²) in [5.74, 6) is 0.230. The highest BCUT2D eigenvalue weighted by Gasteiger charge is 2.30. The minimum Gasteiger partial charge on any atom is -0.343 e. The van der Waals surface area contributed by atoms with Crippen LogP contribution in [0.2, 0.25) is 0 Å². The Morgan fingerprint density at radius 3 is 2.42 bits per heavy atom. The highest BCUT2D eigenvalue weighted by molar-refractivity contribution is 5.76. The molecule has 1 saturated heterocycles. The molecule has 0 spiro atoms. The van der Waals surface area contributed by atoms with Gasteiger partial charge in [0.05, 0.1) is 0 Å². The number of carbonyl (C=O) groups is 1. The fourth-order valence-corrected chi connectivity index (χ4v) is 2.79. The van der Waals surface area contributed by atoms with Gasteiger partial charge in [0.1, 0.15) is 0 Å². The van der Waals surface area contributed by atoms with Crippen LogP contribution in [0.5, 0.6) is 0 Å². The van der Waals surface area contributed by atoms with E-state index in [0.717, 1.165) is 26.2 Å². The Bertz CT molecular complexity index is 279. The Hall–Kier alpha value is -0.650. The van der Waals surface area contributed by atoms with E-state index < -0.39 is 0 Å². The average molecular weight is 270 g/mol. The smallest absolute Gasteiger partial charge is 0.224 e. The zero-order chi connectivity index (χ0) is 14.4. The first-order valence-electron chi connectivity index (χ1n) is 7.41. The van der Waals surface area contributed by atoms with E-state index >= 15 is 0 Å². The van der Waals surface area contributed by atoms with E-state index in [2.05, 4.69) is 23.9 Å². The standard InChI is InChI=1S/C14H30N4O/c1-5-17(6-2)14(19)9-13(10-15)18-8-7-12(11-18)16(3)4/h12-13H,5-11,15H2,1-4H3. The summed E-state index contributed by atoms with van der Waals surface area (Å²) in [5.41, 5.74) is 5.88. The summed E-state index contributed by atoms with van der Waals surface area (Å²) in [6.07, 6.45) is 1.72. The van der Waals surface area contributed by atoms with Gasteiger partial charge in [-0.15, -0.1) is 0 Å². The molecule has 1 aliphatic heterocycles. The highest BCUT2D eigenvalue weighted by Crippen LogP contribution is 2.18. The summed E-state index contributed by atoms with van der Waals surface area (Å²) in [5, 5.41) is 0. The Kier molecular flexibility index (Phi) is 6.75. The van der Waals surface area contributed by atoms with Gasteiger partial charge in [-0.25, -0.2) is 0 Å². The quantitative estimate of drug-likeness (QED) is 0.718. The van der Waals surface area contributed by atoms with E-state index in [-0.39, 0.29) is 11.9 Å². The van der Waals surface area contributed by atoms with Crippen LogP contribution < -0.4 is 5.73 Å².